The van der Waals surface area contributed by atoms with Crippen molar-refractivity contribution in [3.8, 4) is 0 Å². The van der Waals surface area contributed by atoms with Gasteiger partial charge in [0, 0.05) is 25.0 Å². The fraction of sp³-hybridized carbons (Fsp3) is 0.385. The van der Waals surface area contributed by atoms with Crippen molar-refractivity contribution in [3.05, 3.63) is 24.3 Å². The molecule has 0 aliphatic carbocycles. The van der Waals surface area contributed by atoms with Gasteiger partial charge >= 0.3 is 6.03 Å². The molecule has 0 heterocycles. The van der Waals surface area contributed by atoms with Crippen molar-refractivity contribution in [1.82, 2.24) is 10.6 Å². The van der Waals surface area contributed by atoms with E-state index in [4.69, 9.17) is 10.5 Å². The summed E-state index contributed by atoms with van der Waals surface area (Å²) in [5.74, 6) is -0.273. The number of rotatable bonds is 6. The highest BCUT2D eigenvalue weighted by molar-refractivity contribution is 5.93. The molecule has 1 unspecified atom stereocenters. The minimum atomic E-state index is -0.645. The zero-order valence-electron chi connectivity index (χ0n) is 11.6. The van der Waals surface area contributed by atoms with E-state index in [9.17, 15) is 9.59 Å². The summed E-state index contributed by atoms with van der Waals surface area (Å²) in [5, 5.41) is 7.77. The number of methoxy groups -OCH3 is 1. The van der Waals surface area contributed by atoms with Crippen LogP contribution in [0, 0.1) is 0 Å². The molecule has 5 N–H and O–H groups in total. The molecule has 0 saturated carbocycles. The van der Waals surface area contributed by atoms with E-state index in [1.54, 1.807) is 38.3 Å². The number of benzene rings is 1. The maximum atomic E-state index is 11.7. The Hall–Kier alpha value is -2.28. The van der Waals surface area contributed by atoms with E-state index in [0.717, 1.165) is 0 Å². The van der Waals surface area contributed by atoms with E-state index in [0.29, 0.717) is 24.5 Å². The lowest BCUT2D eigenvalue weighted by Gasteiger charge is -2.14. The minimum Gasteiger partial charge on any atom is -0.399 e. The standard InChI is InChI=1S/C13H20N4O3/c1-9(12(18)15-6-7-20-2)16-13(19)17-11-5-3-4-10(14)8-11/h3-5,8-9H,6-7,14H2,1-2H3,(H,15,18)(H2,16,17,19). The van der Waals surface area contributed by atoms with E-state index < -0.39 is 12.1 Å². The first-order valence-electron chi connectivity index (χ1n) is 6.22. The topological polar surface area (TPSA) is 105 Å². The first-order valence-corrected chi connectivity index (χ1v) is 6.22. The maximum absolute atomic E-state index is 11.7. The van der Waals surface area contributed by atoms with Gasteiger partial charge in [-0.2, -0.15) is 0 Å². The summed E-state index contributed by atoms with van der Waals surface area (Å²) in [5.41, 5.74) is 6.72. The monoisotopic (exact) mass is 280 g/mol. The molecular formula is C13H20N4O3. The normalized spacial score (nSPS) is 11.5. The smallest absolute Gasteiger partial charge is 0.319 e. The average Bonchev–Trinajstić information content (AvgIpc) is 2.38. The summed E-state index contributed by atoms with van der Waals surface area (Å²) >= 11 is 0. The third-order valence-corrected chi connectivity index (χ3v) is 2.49. The first-order chi connectivity index (χ1) is 9.52. The van der Waals surface area contributed by atoms with Crippen molar-refractivity contribution in [1.29, 1.82) is 0 Å². The summed E-state index contributed by atoms with van der Waals surface area (Å²) in [6, 6.07) is 5.67. The van der Waals surface area contributed by atoms with E-state index in [1.807, 2.05) is 0 Å². The number of ether oxygens (including phenoxy) is 1. The number of hydrogen-bond acceptors (Lipinski definition) is 4. The van der Waals surface area contributed by atoms with Crippen molar-refractivity contribution in [2.75, 3.05) is 31.3 Å². The summed E-state index contributed by atoms with van der Waals surface area (Å²) in [4.78, 5) is 23.3. The van der Waals surface area contributed by atoms with Crippen molar-refractivity contribution in [3.63, 3.8) is 0 Å². The van der Waals surface area contributed by atoms with Gasteiger partial charge in [0.25, 0.3) is 0 Å². The molecule has 3 amide bonds. The quantitative estimate of drug-likeness (QED) is 0.451. The zero-order valence-corrected chi connectivity index (χ0v) is 11.6. The molecule has 1 aromatic carbocycles. The minimum absolute atomic E-state index is 0.273. The fourth-order valence-electron chi connectivity index (χ4n) is 1.48. The van der Waals surface area contributed by atoms with Crippen LogP contribution in [0.3, 0.4) is 0 Å². The van der Waals surface area contributed by atoms with Crippen LogP contribution >= 0.6 is 0 Å². The van der Waals surface area contributed by atoms with Gasteiger partial charge in [0.1, 0.15) is 6.04 Å². The van der Waals surface area contributed by atoms with Crippen LogP contribution in [-0.2, 0) is 9.53 Å². The number of nitrogen functional groups attached to an aromatic ring is 1. The molecule has 7 nitrogen and oxygen atoms in total. The molecule has 0 bridgehead atoms. The lowest BCUT2D eigenvalue weighted by Crippen LogP contribution is -2.46. The van der Waals surface area contributed by atoms with Crippen LogP contribution in [0.5, 0.6) is 0 Å². The molecule has 1 rings (SSSR count). The number of nitrogens with one attached hydrogen (secondary N) is 3. The van der Waals surface area contributed by atoms with Gasteiger partial charge in [-0.3, -0.25) is 4.79 Å². The zero-order chi connectivity index (χ0) is 15.0. The largest absolute Gasteiger partial charge is 0.399 e. The third-order valence-electron chi connectivity index (χ3n) is 2.49. The van der Waals surface area contributed by atoms with Gasteiger partial charge in [-0.15, -0.1) is 0 Å². The number of amides is 3. The Morgan fingerprint density at radius 2 is 2.15 bits per heavy atom. The maximum Gasteiger partial charge on any atom is 0.319 e. The fourth-order valence-corrected chi connectivity index (χ4v) is 1.48. The SMILES string of the molecule is COCCNC(=O)C(C)NC(=O)Nc1cccc(N)c1. The molecule has 7 heteroatoms. The van der Waals surface area contributed by atoms with Crippen LogP contribution in [0.25, 0.3) is 0 Å². The Labute approximate surface area is 117 Å². The average molecular weight is 280 g/mol. The van der Waals surface area contributed by atoms with E-state index in [-0.39, 0.29) is 5.91 Å². The molecule has 110 valence electrons. The number of nitrogens with two attached hydrogens (primary N) is 1. The molecule has 0 saturated heterocycles. The van der Waals surface area contributed by atoms with Crippen molar-refractivity contribution >= 4 is 23.3 Å². The molecule has 1 atom stereocenters. The lowest BCUT2D eigenvalue weighted by molar-refractivity contribution is -0.122. The van der Waals surface area contributed by atoms with Gasteiger partial charge in [0.2, 0.25) is 5.91 Å². The highest BCUT2D eigenvalue weighted by atomic mass is 16.5. The van der Waals surface area contributed by atoms with Gasteiger partial charge in [0.05, 0.1) is 6.61 Å². The summed E-state index contributed by atoms with van der Waals surface area (Å²) in [6.45, 7) is 2.42. The van der Waals surface area contributed by atoms with Crippen LogP contribution in [-0.4, -0.2) is 38.2 Å². The van der Waals surface area contributed by atoms with E-state index in [1.165, 1.54) is 0 Å². The number of hydrogen-bond donors (Lipinski definition) is 4. The lowest BCUT2D eigenvalue weighted by atomic mass is 10.3. The van der Waals surface area contributed by atoms with Crippen LogP contribution in [0.4, 0.5) is 16.2 Å². The Morgan fingerprint density at radius 1 is 1.40 bits per heavy atom. The second kappa shape index (κ2) is 8.00. The number of carbonyl (C=O) groups excluding carboxylic acids is 2. The summed E-state index contributed by atoms with van der Waals surface area (Å²) in [7, 11) is 1.55. The molecule has 0 aromatic heterocycles. The Balaban J connectivity index is 2.39. The van der Waals surface area contributed by atoms with Gasteiger partial charge in [-0.1, -0.05) is 6.07 Å². The molecular weight excluding hydrogens is 260 g/mol. The van der Waals surface area contributed by atoms with Crippen LogP contribution in [0.1, 0.15) is 6.92 Å². The van der Waals surface area contributed by atoms with Crippen LogP contribution in [0.15, 0.2) is 24.3 Å². The molecule has 0 spiro atoms. The molecule has 0 aliphatic rings. The number of carbonyl (C=O) groups is 2. The van der Waals surface area contributed by atoms with Gasteiger partial charge in [0.15, 0.2) is 0 Å². The molecule has 1 aromatic rings. The molecule has 0 fully saturated rings. The molecule has 0 aliphatic heterocycles. The summed E-state index contributed by atoms with van der Waals surface area (Å²) in [6.07, 6.45) is 0. The Bertz CT molecular complexity index is 465. The predicted molar refractivity (Wildman–Crippen MR) is 77.4 cm³/mol. The van der Waals surface area contributed by atoms with Crippen LogP contribution in [0.2, 0.25) is 0 Å². The Kier molecular flexibility index (Phi) is 6.31. The van der Waals surface area contributed by atoms with Crippen molar-refractivity contribution in [2.45, 2.75) is 13.0 Å². The van der Waals surface area contributed by atoms with E-state index >= 15 is 0 Å². The molecule has 0 radical (unpaired) electrons. The second-order valence-electron chi connectivity index (χ2n) is 4.23. The highest BCUT2D eigenvalue weighted by Crippen LogP contribution is 2.11. The second-order valence-corrected chi connectivity index (χ2v) is 4.23. The van der Waals surface area contributed by atoms with Crippen molar-refractivity contribution < 1.29 is 14.3 Å². The predicted octanol–water partition coefficient (Wildman–Crippen LogP) is 0.541. The number of urea groups is 1. The van der Waals surface area contributed by atoms with Crippen molar-refractivity contribution in [2.24, 2.45) is 0 Å². The van der Waals surface area contributed by atoms with E-state index in [2.05, 4.69) is 16.0 Å². The Morgan fingerprint density at radius 3 is 2.80 bits per heavy atom. The third kappa shape index (κ3) is 5.57. The summed E-state index contributed by atoms with van der Waals surface area (Å²) < 4.78 is 4.82. The highest BCUT2D eigenvalue weighted by Gasteiger charge is 2.14. The van der Waals surface area contributed by atoms with Crippen LogP contribution < -0.4 is 21.7 Å². The van der Waals surface area contributed by atoms with Gasteiger partial charge < -0.3 is 26.4 Å². The first kappa shape index (κ1) is 15.8. The van der Waals surface area contributed by atoms with Gasteiger partial charge in [-0.05, 0) is 25.1 Å². The molecule has 20 heavy (non-hydrogen) atoms. The number of anilines is 2. The van der Waals surface area contributed by atoms with Gasteiger partial charge in [-0.25, -0.2) is 4.79 Å².